The van der Waals surface area contributed by atoms with Gasteiger partial charge in [0.15, 0.2) is 5.82 Å². The third-order valence-corrected chi connectivity index (χ3v) is 7.86. The van der Waals surface area contributed by atoms with Gasteiger partial charge in [-0.25, -0.2) is 18.4 Å². The Balaban J connectivity index is 1.49. The second kappa shape index (κ2) is 8.21. The van der Waals surface area contributed by atoms with E-state index in [1.165, 1.54) is 21.8 Å². The average molecular weight is 444 g/mol. The number of aryl methyl sites for hydroxylation is 2. The van der Waals surface area contributed by atoms with E-state index in [4.69, 9.17) is 0 Å². The van der Waals surface area contributed by atoms with E-state index in [-0.39, 0.29) is 23.9 Å². The molecule has 0 unspecified atom stereocenters. The number of carbonyl (C=O) groups is 1. The molecule has 0 atom stereocenters. The van der Waals surface area contributed by atoms with Gasteiger partial charge in [-0.05, 0) is 32.0 Å². The monoisotopic (exact) mass is 443 g/mol. The van der Waals surface area contributed by atoms with Crippen LogP contribution in [0.5, 0.6) is 0 Å². The highest BCUT2D eigenvalue weighted by Crippen LogP contribution is 2.23. The summed E-state index contributed by atoms with van der Waals surface area (Å²) in [5.41, 5.74) is 1.82. The van der Waals surface area contributed by atoms with Crippen LogP contribution in [0.25, 0.3) is 11.4 Å². The first kappa shape index (κ1) is 20.6. The van der Waals surface area contributed by atoms with Crippen LogP contribution >= 0.6 is 11.3 Å². The Morgan fingerprint density at radius 3 is 2.40 bits per heavy atom. The van der Waals surface area contributed by atoms with Crippen LogP contribution in [0.3, 0.4) is 0 Å². The van der Waals surface area contributed by atoms with Crippen LogP contribution in [0, 0.1) is 13.8 Å². The van der Waals surface area contributed by atoms with Gasteiger partial charge in [0.1, 0.15) is 4.90 Å². The lowest BCUT2D eigenvalue weighted by atomic mass is 10.2. The zero-order valence-electron chi connectivity index (χ0n) is 16.6. The van der Waals surface area contributed by atoms with Crippen molar-refractivity contribution in [3.63, 3.8) is 0 Å². The van der Waals surface area contributed by atoms with Crippen LogP contribution in [0.4, 0.5) is 0 Å². The second-order valence-corrected chi connectivity index (χ2v) is 10.0. The van der Waals surface area contributed by atoms with Crippen LogP contribution < -0.4 is 0 Å². The van der Waals surface area contributed by atoms with Crippen LogP contribution in [-0.4, -0.2) is 64.7 Å². The molecule has 4 heterocycles. The fraction of sp³-hybridized carbons (Fsp3) is 0.300. The summed E-state index contributed by atoms with van der Waals surface area (Å²) in [4.78, 5) is 28.1. The summed E-state index contributed by atoms with van der Waals surface area (Å²) < 4.78 is 27.7. The molecular formula is C20H21N5O3S2. The number of carbonyl (C=O) groups excluding carboxylic acids is 1. The maximum absolute atomic E-state index is 13.1. The maximum Gasteiger partial charge on any atom is 0.254 e. The summed E-state index contributed by atoms with van der Waals surface area (Å²) in [6, 6.07) is 5.41. The number of aromatic nitrogens is 3. The molecule has 3 aromatic heterocycles. The third kappa shape index (κ3) is 3.98. The van der Waals surface area contributed by atoms with E-state index in [2.05, 4.69) is 15.0 Å². The lowest BCUT2D eigenvalue weighted by molar-refractivity contribution is 0.0698. The van der Waals surface area contributed by atoms with E-state index in [1.54, 1.807) is 36.4 Å². The molecule has 0 bridgehead atoms. The second-order valence-electron chi connectivity index (χ2n) is 7.02. The largest absolute Gasteiger partial charge is 0.336 e. The molecule has 0 aromatic carbocycles. The number of piperazine rings is 1. The number of amides is 1. The van der Waals surface area contributed by atoms with E-state index >= 15 is 0 Å². The molecule has 0 aliphatic carbocycles. The van der Waals surface area contributed by atoms with Gasteiger partial charge in [-0.15, -0.1) is 11.3 Å². The maximum atomic E-state index is 13.1. The van der Waals surface area contributed by atoms with Gasteiger partial charge >= 0.3 is 0 Å². The molecule has 0 saturated carbocycles. The van der Waals surface area contributed by atoms with Gasteiger partial charge < -0.3 is 4.90 Å². The fourth-order valence-electron chi connectivity index (χ4n) is 3.36. The van der Waals surface area contributed by atoms with E-state index in [0.29, 0.717) is 30.2 Å². The first-order chi connectivity index (χ1) is 14.4. The molecule has 156 valence electrons. The molecule has 1 saturated heterocycles. The zero-order chi connectivity index (χ0) is 21.3. The molecule has 1 aliphatic heterocycles. The number of hydrogen-bond donors (Lipinski definition) is 0. The van der Waals surface area contributed by atoms with Gasteiger partial charge in [-0.1, -0.05) is 0 Å². The minimum atomic E-state index is -3.74. The molecule has 3 aromatic rings. The van der Waals surface area contributed by atoms with Crippen LogP contribution in [0.1, 0.15) is 20.9 Å². The highest BCUT2D eigenvalue weighted by atomic mass is 32.2. The summed E-state index contributed by atoms with van der Waals surface area (Å²) in [5, 5.41) is 1.84. The first-order valence-electron chi connectivity index (χ1n) is 9.45. The summed E-state index contributed by atoms with van der Waals surface area (Å²) in [5.74, 6) is 0.396. The number of nitrogens with zero attached hydrogens (tertiary/aromatic N) is 5. The van der Waals surface area contributed by atoms with Gasteiger partial charge in [0.05, 0.1) is 17.5 Å². The van der Waals surface area contributed by atoms with Crippen molar-refractivity contribution in [2.24, 2.45) is 0 Å². The summed E-state index contributed by atoms with van der Waals surface area (Å²) in [6.45, 7) is 4.80. The molecule has 0 spiro atoms. The highest BCUT2D eigenvalue weighted by molar-refractivity contribution is 7.89. The van der Waals surface area contributed by atoms with E-state index in [9.17, 15) is 13.2 Å². The van der Waals surface area contributed by atoms with Gasteiger partial charge in [-0.3, -0.25) is 9.78 Å². The Kier molecular flexibility index (Phi) is 5.63. The van der Waals surface area contributed by atoms with Crippen molar-refractivity contribution in [3.8, 4) is 11.4 Å². The van der Waals surface area contributed by atoms with Crippen LogP contribution in [0.2, 0.25) is 0 Å². The van der Waals surface area contributed by atoms with Crippen LogP contribution in [-0.2, 0) is 10.0 Å². The van der Waals surface area contributed by atoms with Crippen LogP contribution in [0.15, 0.2) is 47.1 Å². The van der Waals surface area contributed by atoms with Crippen molar-refractivity contribution in [2.75, 3.05) is 26.2 Å². The molecule has 4 rings (SSSR count). The van der Waals surface area contributed by atoms with Crippen molar-refractivity contribution in [2.45, 2.75) is 18.7 Å². The van der Waals surface area contributed by atoms with Crippen molar-refractivity contribution >= 4 is 27.3 Å². The highest BCUT2D eigenvalue weighted by Gasteiger charge is 2.32. The molecule has 8 nitrogen and oxygen atoms in total. The smallest absolute Gasteiger partial charge is 0.254 e. The molecule has 1 aliphatic rings. The summed E-state index contributed by atoms with van der Waals surface area (Å²) >= 11 is 1.53. The minimum Gasteiger partial charge on any atom is -0.336 e. The van der Waals surface area contributed by atoms with E-state index in [1.807, 2.05) is 18.4 Å². The van der Waals surface area contributed by atoms with Crippen molar-refractivity contribution < 1.29 is 13.2 Å². The first-order valence-corrected chi connectivity index (χ1v) is 11.8. The average Bonchev–Trinajstić information content (AvgIpc) is 3.20. The molecule has 0 N–H and O–H groups in total. The Morgan fingerprint density at radius 2 is 1.80 bits per heavy atom. The predicted octanol–water partition coefficient (Wildman–Crippen LogP) is 2.36. The zero-order valence-corrected chi connectivity index (χ0v) is 18.3. The molecule has 1 amide bonds. The molecular weight excluding hydrogens is 422 g/mol. The topological polar surface area (TPSA) is 96.4 Å². The molecule has 1 fully saturated rings. The SMILES string of the molecule is Cc1cc(C(=O)N2CCN(S(=O)(=O)c3cnc(-c4ccncc4)nc3C)CC2)cs1. The normalized spacial score (nSPS) is 15.3. The van der Waals surface area contributed by atoms with Gasteiger partial charge in [-0.2, -0.15) is 4.31 Å². The van der Waals surface area contributed by atoms with Gasteiger partial charge in [0.25, 0.3) is 5.91 Å². The number of thiophene rings is 1. The summed E-state index contributed by atoms with van der Waals surface area (Å²) in [6.07, 6.45) is 4.63. The van der Waals surface area contributed by atoms with E-state index < -0.39 is 10.0 Å². The van der Waals surface area contributed by atoms with Gasteiger partial charge in [0.2, 0.25) is 10.0 Å². The molecule has 10 heteroatoms. The summed E-state index contributed by atoms with van der Waals surface area (Å²) in [7, 11) is -3.74. The Morgan fingerprint density at radius 1 is 1.10 bits per heavy atom. The standard InChI is InChI=1S/C20H21N5O3S2/c1-14-11-17(13-29-14)20(26)24-7-9-25(10-8-24)30(27,28)18-12-22-19(23-15(18)2)16-3-5-21-6-4-16/h3-6,11-13H,7-10H2,1-2H3. The predicted molar refractivity (Wildman–Crippen MR) is 114 cm³/mol. The Labute approximate surface area is 179 Å². The molecule has 0 radical (unpaired) electrons. The van der Waals surface area contributed by atoms with E-state index in [0.717, 1.165) is 10.4 Å². The number of rotatable bonds is 4. The quantitative estimate of drug-likeness (QED) is 0.614. The fourth-order valence-corrected chi connectivity index (χ4v) is 5.56. The minimum absolute atomic E-state index is 0.0578. The van der Waals surface area contributed by atoms with Crippen molar-refractivity contribution in [1.29, 1.82) is 0 Å². The molecule has 30 heavy (non-hydrogen) atoms. The number of pyridine rings is 1. The number of sulfonamides is 1. The lowest BCUT2D eigenvalue weighted by Crippen LogP contribution is -2.50. The third-order valence-electron chi connectivity index (χ3n) is 4.99. The Bertz CT molecular complexity index is 1170. The van der Waals surface area contributed by atoms with Gasteiger partial charge in [0, 0.05) is 54.4 Å². The Hall–Kier alpha value is -2.69. The lowest BCUT2D eigenvalue weighted by Gasteiger charge is -2.34. The van der Waals surface area contributed by atoms with Crippen molar-refractivity contribution in [3.05, 3.63) is 58.3 Å². The van der Waals surface area contributed by atoms with Crippen molar-refractivity contribution in [1.82, 2.24) is 24.2 Å². The number of hydrogen-bond acceptors (Lipinski definition) is 7.